The second kappa shape index (κ2) is 6.85. The molecule has 1 heterocycles. The number of ketones is 1. The number of Topliss-reactive ketones (excluding diaryl/α,β-unsaturated/α-hetero) is 1. The summed E-state index contributed by atoms with van der Waals surface area (Å²) in [4.78, 5) is 25.4. The van der Waals surface area contributed by atoms with Crippen LogP contribution in [0.2, 0.25) is 0 Å². The Bertz CT molecular complexity index is 299. The first kappa shape index (κ1) is 15.1. The lowest BCUT2D eigenvalue weighted by atomic mass is 10.0. The largest absolute Gasteiger partial charge is 0.345 e. The smallest absolute Gasteiger partial charge is 0.234 e. The Hall–Kier alpha value is -0.940. The molecule has 0 aromatic rings. The zero-order valence-corrected chi connectivity index (χ0v) is 11.8. The molecule has 0 saturated carbocycles. The molecule has 0 aromatic carbocycles. The molecule has 0 spiro atoms. The van der Waals surface area contributed by atoms with Gasteiger partial charge < -0.3 is 10.6 Å². The van der Waals surface area contributed by atoms with Crippen molar-refractivity contribution in [2.75, 3.05) is 26.7 Å². The number of amides is 1. The summed E-state index contributed by atoms with van der Waals surface area (Å²) in [6, 6.07) is 0.0539. The van der Waals surface area contributed by atoms with Crippen LogP contribution in [-0.4, -0.2) is 55.4 Å². The third-order valence-electron chi connectivity index (χ3n) is 3.47. The van der Waals surface area contributed by atoms with Gasteiger partial charge in [-0.3, -0.25) is 14.5 Å². The maximum Gasteiger partial charge on any atom is 0.234 e. The molecule has 1 saturated heterocycles. The van der Waals surface area contributed by atoms with Crippen LogP contribution in [0, 0.1) is 5.92 Å². The summed E-state index contributed by atoms with van der Waals surface area (Å²) in [6.07, 6.45) is 1.07. The van der Waals surface area contributed by atoms with Gasteiger partial charge in [0.1, 0.15) is 0 Å². The normalized spacial score (nSPS) is 21.3. The van der Waals surface area contributed by atoms with Crippen LogP contribution in [0.1, 0.15) is 27.2 Å². The van der Waals surface area contributed by atoms with Crippen LogP contribution in [0.25, 0.3) is 0 Å². The number of hydrogen-bond donors (Lipinski definition) is 2. The van der Waals surface area contributed by atoms with E-state index in [4.69, 9.17) is 0 Å². The zero-order valence-electron chi connectivity index (χ0n) is 11.8. The van der Waals surface area contributed by atoms with Crippen molar-refractivity contribution in [3.8, 4) is 0 Å². The Labute approximate surface area is 109 Å². The first-order valence-electron chi connectivity index (χ1n) is 6.62. The third-order valence-corrected chi connectivity index (χ3v) is 3.47. The van der Waals surface area contributed by atoms with Gasteiger partial charge in [0, 0.05) is 12.6 Å². The molecule has 1 amide bonds. The quantitative estimate of drug-likeness (QED) is 0.702. The molecule has 1 fully saturated rings. The van der Waals surface area contributed by atoms with E-state index in [1.54, 1.807) is 0 Å². The first-order chi connectivity index (χ1) is 8.41. The van der Waals surface area contributed by atoms with E-state index in [2.05, 4.69) is 10.6 Å². The van der Waals surface area contributed by atoms with Gasteiger partial charge in [0.15, 0.2) is 5.78 Å². The van der Waals surface area contributed by atoms with Crippen molar-refractivity contribution in [1.82, 2.24) is 15.5 Å². The van der Waals surface area contributed by atoms with Gasteiger partial charge in [-0.15, -0.1) is 0 Å². The summed E-state index contributed by atoms with van der Waals surface area (Å²) in [5.74, 6) is 0.0757. The number of nitrogens with zero attached hydrogens (tertiary/aromatic N) is 1. The van der Waals surface area contributed by atoms with E-state index in [9.17, 15) is 9.59 Å². The number of nitrogens with one attached hydrogen (secondary N) is 2. The number of hydrogen-bond acceptors (Lipinski definition) is 4. The summed E-state index contributed by atoms with van der Waals surface area (Å²) < 4.78 is 0. The highest BCUT2D eigenvalue weighted by molar-refractivity contribution is 5.88. The van der Waals surface area contributed by atoms with Gasteiger partial charge in [0.25, 0.3) is 0 Å². The summed E-state index contributed by atoms with van der Waals surface area (Å²) in [7, 11) is 1.95. The SMILES string of the molecule is CC(=O)C(NC(=O)CN(C)C1CCNC1)C(C)C. The van der Waals surface area contributed by atoms with Gasteiger partial charge in [-0.05, 0) is 32.9 Å². The second-order valence-electron chi connectivity index (χ2n) is 5.46. The molecule has 2 N–H and O–H groups in total. The maximum absolute atomic E-state index is 11.9. The Morgan fingerprint density at radius 3 is 2.56 bits per heavy atom. The first-order valence-corrected chi connectivity index (χ1v) is 6.62. The Morgan fingerprint density at radius 1 is 1.44 bits per heavy atom. The van der Waals surface area contributed by atoms with Gasteiger partial charge in [-0.1, -0.05) is 13.8 Å². The minimum Gasteiger partial charge on any atom is -0.345 e. The number of rotatable bonds is 6. The van der Waals surface area contributed by atoms with Crippen LogP contribution in [-0.2, 0) is 9.59 Å². The average molecular weight is 255 g/mol. The molecule has 1 aliphatic rings. The number of carbonyl (C=O) groups is 2. The fourth-order valence-corrected chi connectivity index (χ4v) is 2.33. The van der Waals surface area contributed by atoms with E-state index in [-0.39, 0.29) is 23.7 Å². The monoisotopic (exact) mass is 255 g/mol. The third kappa shape index (κ3) is 4.38. The maximum atomic E-state index is 11.9. The van der Waals surface area contributed by atoms with Crippen molar-refractivity contribution < 1.29 is 9.59 Å². The molecule has 2 atom stereocenters. The molecule has 0 radical (unpaired) electrons. The van der Waals surface area contributed by atoms with Gasteiger partial charge in [0.2, 0.25) is 5.91 Å². The average Bonchev–Trinajstić information content (AvgIpc) is 2.78. The lowest BCUT2D eigenvalue weighted by molar-refractivity contribution is -0.128. The highest BCUT2D eigenvalue weighted by Crippen LogP contribution is 2.06. The van der Waals surface area contributed by atoms with E-state index in [1.807, 2.05) is 25.8 Å². The van der Waals surface area contributed by atoms with Crippen molar-refractivity contribution in [3.63, 3.8) is 0 Å². The van der Waals surface area contributed by atoms with Gasteiger partial charge in [-0.2, -0.15) is 0 Å². The fourth-order valence-electron chi connectivity index (χ4n) is 2.33. The summed E-state index contributed by atoms with van der Waals surface area (Å²) in [5.41, 5.74) is 0. The Balaban J connectivity index is 2.42. The molecule has 1 rings (SSSR count). The second-order valence-corrected chi connectivity index (χ2v) is 5.46. The molecule has 5 heteroatoms. The molecule has 2 unspecified atom stereocenters. The van der Waals surface area contributed by atoms with Crippen LogP contribution in [0.4, 0.5) is 0 Å². The zero-order chi connectivity index (χ0) is 13.7. The fraction of sp³-hybridized carbons (Fsp3) is 0.846. The molecular formula is C13H25N3O2. The summed E-state index contributed by atoms with van der Waals surface area (Å²) in [6.45, 7) is 7.70. The van der Waals surface area contributed by atoms with Gasteiger partial charge in [0.05, 0.1) is 12.6 Å². The molecule has 0 bridgehead atoms. The standard InChI is InChI=1S/C13H25N3O2/c1-9(2)13(10(3)17)15-12(18)8-16(4)11-5-6-14-7-11/h9,11,13-14H,5-8H2,1-4H3,(H,15,18). The van der Waals surface area contributed by atoms with E-state index in [0.29, 0.717) is 12.6 Å². The molecular weight excluding hydrogens is 230 g/mol. The van der Waals surface area contributed by atoms with E-state index in [1.165, 1.54) is 6.92 Å². The van der Waals surface area contributed by atoms with Crippen molar-refractivity contribution >= 4 is 11.7 Å². The van der Waals surface area contributed by atoms with Crippen molar-refractivity contribution in [2.24, 2.45) is 5.92 Å². The van der Waals surface area contributed by atoms with Gasteiger partial charge >= 0.3 is 0 Å². The van der Waals surface area contributed by atoms with Crippen LogP contribution in [0.3, 0.4) is 0 Å². The van der Waals surface area contributed by atoms with Crippen LogP contribution < -0.4 is 10.6 Å². The molecule has 0 aromatic heterocycles. The van der Waals surface area contributed by atoms with E-state index < -0.39 is 0 Å². The van der Waals surface area contributed by atoms with Crippen LogP contribution >= 0.6 is 0 Å². The molecule has 5 nitrogen and oxygen atoms in total. The Kier molecular flexibility index (Phi) is 5.75. The van der Waals surface area contributed by atoms with Crippen molar-refractivity contribution in [2.45, 2.75) is 39.3 Å². The summed E-state index contributed by atoms with van der Waals surface area (Å²) in [5, 5.41) is 6.10. The topological polar surface area (TPSA) is 61.4 Å². The molecule has 0 aliphatic carbocycles. The molecule has 104 valence electrons. The van der Waals surface area contributed by atoms with Crippen molar-refractivity contribution in [3.05, 3.63) is 0 Å². The molecule has 1 aliphatic heterocycles. The minimum atomic E-state index is -0.368. The van der Waals surface area contributed by atoms with Gasteiger partial charge in [-0.25, -0.2) is 0 Å². The minimum absolute atomic E-state index is 0.0172. The predicted molar refractivity (Wildman–Crippen MR) is 71.4 cm³/mol. The predicted octanol–water partition coefficient (Wildman–Crippen LogP) is 0.00990. The number of likely N-dealkylation sites (N-methyl/N-ethyl adjacent to an activating group) is 1. The summed E-state index contributed by atoms with van der Waals surface area (Å²) >= 11 is 0. The van der Waals surface area contributed by atoms with E-state index >= 15 is 0 Å². The lowest BCUT2D eigenvalue weighted by Crippen LogP contribution is -2.48. The highest BCUT2D eigenvalue weighted by Gasteiger charge is 2.24. The van der Waals surface area contributed by atoms with Crippen molar-refractivity contribution in [1.29, 1.82) is 0 Å². The number of carbonyl (C=O) groups excluding carboxylic acids is 2. The van der Waals surface area contributed by atoms with E-state index in [0.717, 1.165) is 19.5 Å². The Morgan fingerprint density at radius 2 is 2.11 bits per heavy atom. The van der Waals surface area contributed by atoms with Crippen LogP contribution in [0.5, 0.6) is 0 Å². The lowest BCUT2D eigenvalue weighted by Gasteiger charge is -2.25. The van der Waals surface area contributed by atoms with Crippen LogP contribution in [0.15, 0.2) is 0 Å². The molecule has 18 heavy (non-hydrogen) atoms. The highest BCUT2D eigenvalue weighted by atomic mass is 16.2.